The first-order valence-corrected chi connectivity index (χ1v) is 6.84. The Kier molecular flexibility index (Phi) is 4.40. The summed E-state index contributed by atoms with van der Waals surface area (Å²) in [6.07, 6.45) is 4.17. The molecule has 0 bridgehead atoms. The topological polar surface area (TPSA) is 55.6 Å². The SMILES string of the molecule is CCOC[C@@H]1CCN(C(=O)[C@@H]2CCC[C@@H]2N)C1. The molecule has 3 atom stereocenters. The molecule has 0 spiro atoms. The largest absolute Gasteiger partial charge is 0.381 e. The molecule has 1 saturated heterocycles. The Morgan fingerprint density at radius 3 is 2.88 bits per heavy atom. The number of ether oxygens (including phenoxy) is 1. The van der Waals surface area contributed by atoms with Gasteiger partial charge in [-0.3, -0.25) is 4.79 Å². The van der Waals surface area contributed by atoms with Crippen LogP contribution in [0.25, 0.3) is 0 Å². The molecule has 4 heteroatoms. The molecule has 0 aromatic rings. The summed E-state index contributed by atoms with van der Waals surface area (Å²) in [4.78, 5) is 14.3. The first-order chi connectivity index (χ1) is 8.22. The minimum Gasteiger partial charge on any atom is -0.381 e. The van der Waals surface area contributed by atoms with Gasteiger partial charge in [0.05, 0.1) is 12.5 Å². The Labute approximate surface area is 103 Å². The highest BCUT2D eigenvalue weighted by Crippen LogP contribution is 2.28. The Bertz CT molecular complexity index is 270. The lowest BCUT2D eigenvalue weighted by molar-refractivity contribution is -0.134. The Balaban J connectivity index is 1.81. The summed E-state index contributed by atoms with van der Waals surface area (Å²) in [6.45, 7) is 5.31. The maximum Gasteiger partial charge on any atom is 0.227 e. The van der Waals surface area contributed by atoms with E-state index < -0.39 is 0 Å². The number of carbonyl (C=O) groups excluding carboxylic acids is 1. The van der Waals surface area contributed by atoms with Crippen molar-refractivity contribution in [1.29, 1.82) is 0 Å². The number of rotatable bonds is 4. The zero-order valence-electron chi connectivity index (χ0n) is 10.7. The average Bonchev–Trinajstić information content (AvgIpc) is 2.94. The predicted molar refractivity (Wildman–Crippen MR) is 66.5 cm³/mol. The van der Waals surface area contributed by atoms with Crippen molar-refractivity contribution in [2.24, 2.45) is 17.6 Å². The number of hydrogen-bond donors (Lipinski definition) is 1. The van der Waals surface area contributed by atoms with Gasteiger partial charge >= 0.3 is 0 Å². The van der Waals surface area contributed by atoms with Gasteiger partial charge in [0.25, 0.3) is 0 Å². The molecule has 0 unspecified atom stereocenters. The van der Waals surface area contributed by atoms with E-state index in [2.05, 4.69) is 0 Å². The zero-order chi connectivity index (χ0) is 12.3. The van der Waals surface area contributed by atoms with Gasteiger partial charge in [-0.15, -0.1) is 0 Å². The van der Waals surface area contributed by atoms with Gasteiger partial charge in [0.1, 0.15) is 0 Å². The lowest BCUT2D eigenvalue weighted by Gasteiger charge is -2.23. The third kappa shape index (κ3) is 2.99. The summed E-state index contributed by atoms with van der Waals surface area (Å²) in [5.41, 5.74) is 5.99. The third-order valence-electron chi connectivity index (χ3n) is 4.04. The van der Waals surface area contributed by atoms with Gasteiger partial charge in [-0.2, -0.15) is 0 Å². The fourth-order valence-corrected chi connectivity index (χ4v) is 2.98. The van der Waals surface area contributed by atoms with Crippen LogP contribution in [-0.2, 0) is 9.53 Å². The van der Waals surface area contributed by atoms with Gasteiger partial charge in [-0.05, 0) is 26.2 Å². The number of likely N-dealkylation sites (tertiary alicyclic amines) is 1. The van der Waals surface area contributed by atoms with E-state index in [-0.39, 0.29) is 17.9 Å². The van der Waals surface area contributed by atoms with Gasteiger partial charge < -0.3 is 15.4 Å². The highest BCUT2D eigenvalue weighted by molar-refractivity contribution is 5.80. The van der Waals surface area contributed by atoms with Crippen molar-refractivity contribution >= 4 is 5.91 Å². The molecule has 0 radical (unpaired) electrons. The second kappa shape index (κ2) is 5.83. The van der Waals surface area contributed by atoms with Gasteiger partial charge in [-0.1, -0.05) is 6.42 Å². The maximum atomic E-state index is 12.3. The number of carbonyl (C=O) groups is 1. The summed E-state index contributed by atoms with van der Waals surface area (Å²) >= 11 is 0. The molecule has 2 fully saturated rings. The van der Waals surface area contributed by atoms with E-state index in [1.54, 1.807) is 0 Å². The maximum absolute atomic E-state index is 12.3. The molecule has 0 aromatic heterocycles. The Morgan fingerprint density at radius 2 is 2.24 bits per heavy atom. The number of amides is 1. The molecule has 98 valence electrons. The standard InChI is InChI=1S/C13H24N2O2/c1-2-17-9-10-6-7-15(8-10)13(16)11-4-3-5-12(11)14/h10-12H,2-9,14H2,1H3/t10-,11-,12+/m1/s1. The third-order valence-corrected chi connectivity index (χ3v) is 4.04. The van der Waals surface area contributed by atoms with E-state index in [1.807, 2.05) is 11.8 Å². The zero-order valence-corrected chi connectivity index (χ0v) is 10.7. The monoisotopic (exact) mass is 240 g/mol. The van der Waals surface area contributed by atoms with Crippen molar-refractivity contribution < 1.29 is 9.53 Å². The second-order valence-corrected chi connectivity index (χ2v) is 5.30. The van der Waals surface area contributed by atoms with Crippen molar-refractivity contribution in [3.05, 3.63) is 0 Å². The normalized spacial score (nSPS) is 33.3. The fourth-order valence-electron chi connectivity index (χ4n) is 2.98. The van der Waals surface area contributed by atoms with E-state index in [4.69, 9.17) is 10.5 Å². The summed E-state index contributed by atoms with van der Waals surface area (Å²) in [5.74, 6) is 0.895. The molecule has 1 amide bonds. The summed E-state index contributed by atoms with van der Waals surface area (Å²) in [5, 5.41) is 0. The van der Waals surface area contributed by atoms with Crippen LogP contribution < -0.4 is 5.73 Å². The second-order valence-electron chi connectivity index (χ2n) is 5.30. The lowest BCUT2D eigenvalue weighted by Crippen LogP contribution is -2.40. The van der Waals surface area contributed by atoms with E-state index in [0.29, 0.717) is 5.92 Å². The highest BCUT2D eigenvalue weighted by Gasteiger charge is 2.36. The van der Waals surface area contributed by atoms with E-state index in [9.17, 15) is 4.79 Å². The molecule has 0 aromatic carbocycles. The van der Waals surface area contributed by atoms with Crippen LogP contribution in [0.2, 0.25) is 0 Å². The molecule has 2 N–H and O–H groups in total. The molecule has 1 heterocycles. The summed E-state index contributed by atoms with van der Waals surface area (Å²) < 4.78 is 5.43. The van der Waals surface area contributed by atoms with Gasteiger partial charge in [-0.25, -0.2) is 0 Å². The number of nitrogens with zero attached hydrogens (tertiary/aromatic N) is 1. The van der Waals surface area contributed by atoms with Crippen molar-refractivity contribution in [3.8, 4) is 0 Å². The summed E-state index contributed by atoms with van der Waals surface area (Å²) in [6, 6.07) is 0.0911. The number of hydrogen-bond acceptors (Lipinski definition) is 3. The lowest BCUT2D eigenvalue weighted by atomic mass is 10.0. The van der Waals surface area contributed by atoms with E-state index >= 15 is 0 Å². The molecule has 1 aliphatic carbocycles. The summed E-state index contributed by atoms with van der Waals surface area (Å²) in [7, 11) is 0. The van der Waals surface area contributed by atoms with E-state index in [1.165, 1.54) is 0 Å². The smallest absolute Gasteiger partial charge is 0.227 e. The van der Waals surface area contributed by atoms with Crippen LogP contribution in [0.1, 0.15) is 32.6 Å². The molecule has 4 nitrogen and oxygen atoms in total. The van der Waals surface area contributed by atoms with Gasteiger partial charge in [0.2, 0.25) is 5.91 Å². The van der Waals surface area contributed by atoms with Crippen LogP contribution in [0.15, 0.2) is 0 Å². The minimum atomic E-state index is 0.0841. The van der Waals surface area contributed by atoms with Crippen LogP contribution >= 0.6 is 0 Å². The van der Waals surface area contributed by atoms with Crippen molar-refractivity contribution in [2.45, 2.75) is 38.6 Å². The van der Waals surface area contributed by atoms with Crippen LogP contribution in [0.5, 0.6) is 0 Å². The first kappa shape index (κ1) is 12.8. The molecule has 2 aliphatic rings. The highest BCUT2D eigenvalue weighted by atomic mass is 16.5. The quantitative estimate of drug-likeness (QED) is 0.797. The van der Waals surface area contributed by atoms with Crippen LogP contribution in [0, 0.1) is 11.8 Å². The van der Waals surface area contributed by atoms with Crippen LogP contribution in [-0.4, -0.2) is 43.2 Å². The Hall–Kier alpha value is -0.610. The minimum absolute atomic E-state index is 0.0841. The first-order valence-electron chi connectivity index (χ1n) is 6.84. The molecular weight excluding hydrogens is 216 g/mol. The molecule has 1 aliphatic heterocycles. The van der Waals surface area contributed by atoms with Crippen molar-refractivity contribution in [1.82, 2.24) is 4.90 Å². The van der Waals surface area contributed by atoms with Crippen LogP contribution in [0.3, 0.4) is 0 Å². The Morgan fingerprint density at radius 1 is 1.41 bits per heavy atom. The predicted octanol–water partition coefficient (Wildman–Crippen LogP) is 0.999. The molecule has 1 saturated carbocycles. The molecule has 17 heavy (non-hydrogen) atoms. The van der Waals surface area contributed by atoms with Gasteiger partial charge in [0.15, 0.2) is 0 Å². The average molecular weight is 240 g/mol. The van der Waals surface area contributed by atoms with Crippen molar-refractivity contribution in [2.75, 3.05) is 26.3 Å². The van der Waals surface area contributed by atoms with Crippen LogP contribution in [0.4, 0.5) is 0 Å². The number of nitrogens with two attached hydrogens (primary N) is 1. The molecule has 2 rings (SSSR count). The van der Waals surface area contributed by atoms with E-state index in [0.717, 1.165) is 52.0 Å². The fraction of sp³-hybridized carbons (Fsp3) is 0.923. The van der Waals surface area contributed by atoms with Gasteiger partial charge in [0, 0.05) is 31.7 Å². The van der Waals surface area contributed by atoms with Crippen molar-refractivity contribution in [3.63, 3.8) is 0 Å². The molecular formula is C13H24N2O2.